The first-order valence-corrected chi connectivity index (χ1v) is 8.65. The van der Waals surface area contributed by atoms with Gasteiger partial charge >= 0.3 is 0 Å². The second kappa shape index (κ2) is 6.90. The molecule has 0 unspecified atom stereocenters. The molecule has 0 aromatic carbocycles. The smallest absolute Gasteiger partial charge is 0.273 e. The minimum Gasteiger partial charge on any atom is -0.480 e. The summed E-state index contributed by atoms with van der Waals surface area (Å²) in [5, 5.41) is 10.4. The molecular weight excluding hydrogens is 348 g/mol. The molecule has 2 N–H and O–H groups in total. The highest BCUT2D eigenvalue weighted by Gasteiger charge is 2.16. The minimum atomic E-state index is -0.251. The van der Waals surface area contributed by atoms with Crippen molar-refractivity contribution in [1.29, 1.82) is 0 Å². The van der Waals surface area contributed by atoms with Crippen LogP contribution in [0.3, 0.4) is 0 Å². The van der Waals surface area contributed by atoms with E-state index in [9.17, 15) is 9.59 Å². The molecule has 0 spiro atoms. The van der Waals surface area contributed by atoms with Crippen LogP contribution in [-0.4, -0.2) is 37.1 Å². The topological polar surface area (TPSA) is 107 Å². The van der Waals surface area contributed by atoms with Crippen LogP contribution in [0.2, 0.25) is 0 Å². The third kappa shape index (κ3) is 3.32. The zero-order chi connectivity index (χ0) is 19.9. The van der Waals surface area contributed by atoms with Gasteiger partial charge in [0.1, 0.15) is 5.69 Å². The second-order valence-corrected chi connectivity index (χ2v) is 6.69. The summed E-state index contributed by atoms with van der Waals surface area (Å²) in [7, 11) is 3.58. The number of rotatable bonds is 5. The third-order valence-corrected chi connectivity index (χ3v) is 4.83. The Hall–Kier alpha value is -3.10. The average molecular weight is 372 g/mol. The molecule has 0 aliphatic carbocycles. The van der Waals surface area contributed by atoms with E-state index in [1.165, 1.54) is 0 Å². The summed E-state index contributed by atoms with van der Waals surface area (Å²) in [6, 6.07) is 0. The van der Waals surface area contributed by atoms with Crippen LogP contribution in [-0.2, 0) is 25.4 Å². The summed E-state index contributed by atoms with van der Waals surface area (Å²) in [6.45, 7) is 7.63. The molecule has 0 bridgehead atoms. The molecule has 0 saturated heterocycles. The number of hydrogen-bond acceptors (Lipinski definition) is 5. The van der Waals surface area contributed by atoms with Crippen LogP contribution in [0, 0.1) is 27.7 Å². The number of ether oxygens (including phenoxy) is 1. The second-order valence-electron chi connectivity index (χ2n) is 6.69. The quantitative estimate of drug-likeness (QED) is 0.693. The lowest BCUT2D eigenvalue weighted by Gasteiger charge is -2.12. The van der Waals surface area contributed by atoms with E-state index >= 15 is 0 Å². The van der Waals surface area contributed by atoms with Gasteiger partial charge in [0, 0.05) is 26.3 Å². The van der Waals surface area contributed by atoms with E-state index in [4.69, 9.17) is 4.74 Å². The molecule has 0 aliphatic rings. The molecule has 144 valence electrons. The molecule has 0 saturated carbocycles. The number of nitrogens with one attached hydrogen (secondary N) is 2. The van der Waals surface area contributed by atoms with Crippen molar-refractivity contribution < 1.29 is 9.53 Å². The van der Waals surface area contributed by atoms with E-state index in [1.54, 1.807) is 16.4 Å². The number of carbonyl (C=O) groups excluding carboxylic acids is 1. The Morgan fingerprint density at radius 2 is 1.89 bits per heavy atom. The molecule has 27 heavy (non-hydrogen) atoms. The van der Waals surface area contributed by atoms with Crippen molar-refractivity contribution in [3.05, 3.63) is 38.6 Å². The number of carbonyl (C=O) groups is 1. The molecule has 3 rings (SSSR count). The predicted octanol–water partition coefficient (Wildman–Crippen LogP) is 0.924. The normalized spacial score (nSPS) is 11.2. The monoisotopic (exact) mass is 372 g/mol. The SMILES string of the molecule is Cc1nc2c(c(C)c1CNC(=O)COc1c(C)nn(C)c1C)c(=O)[nH]n2C. The number of pyridine rings is 1. The maximum absolute atomic E-state index is 12.2. The molecule has 1 amide bonds. The van der Waals surface area contributed by atoms with Crippen molar-refractivity contribution in [2.45, 2.75) is 34.2 Å². The maximum Gasteiger partial charge on any atom is 0.273 e. The van der Waals surface area contributed by atoms with Crippen LogP contribution in [0.15, 0.2) is 4.79 Å². The number of aromatic nitrogens is 5. The standard InChI is InChI=1S/C18H24N6O3/c1-9-13(10(2)20-17-15(9)18(26)22-24(17)6)7-19-14(25)8-27-16-11(3)21-23(5)12(16)4/h7-8H2,1-6H3,(H,19,25)(H,22,26). The Labute approximate surface area is 156 Å². The Bertz CT molecular complexity index is 1090. The van der Waals surface area contributed by atoms with E-state index < -0.39 is 0 Å². The van der Waals surface area contributed by atoms with E-state index in [1.807, 2.05) is 34.7 Å². The lowest BCUT2D eigenvalue weighted by atomic mass is 10.0. The van der Waals surface area contributed by atoms with Crippen molar-refractivity contribution in [3.63, 3.8) is 0 Å². The number of H-pyrrole nitrogens is 1. The zero-order valence-corrected chi connectivity index (χ0v) is 16.4. The highest BCUT2D eigenvalue weighted by Crippen LogP contribution is 2.21. The molecule has 3 aromatic rings. The number of aryl methyl sites for hydroxylation is 5. The summed E-state index contributed by atoms with van der Waals surface area (Å²) in [4.78, 5) is 28.8. The number of hydrogen-bond donors (Lipinski definition) is 2. The fourth-order valence-electron chi connectivity index (χ4n) is 3.25. The fraction of sp³-hybridized carbons (Fsp3) is 0.444. The molecule has 0 fully saturated rings. The van der Waals surface area contributed by atoms with Gasteiger partial charge in [-0.05, 0) is 38.8 Å². The largest absolute Gasteiger partial charge is 0.480 e. The lowest BCUT2D eigenvalue weighted by Crippen LogP contribution is -2.29. The van der Waals surface area contributed by atoms with Crippen LogP contribution >= 0.6 is 0 Å². The van der Waals surface area contributed by atoms with Crippen molar-refractivity contribution in [2.24, 2.45) is 14.1 Å². The summed E-state index contributed by atoms with van der Waals surface area (Å²) in [5.41, 5.74) is 4.46. The number of amides is 1. The summed E-state index contributed by atoms with van der Waals surface area (Å²) in [6.07, 6.45) is 0. The first-order valence-electron chi connectivity index (χ1n) is 8.65. The van der Waals surface area contributed by atoms with Gasteiger partial charge in [0.25, 0.3) is 11.5 Å². The molecule has 0 atom stereocenters. The number of nitrogens with zero attached hydrogens (tertiary/aromatic N) is 4. The van der Waals surface area contributed by atoms with Crippen LogP contribution in [0.5, 0.6) is 5.75 Å². The van der Waals surface area contributed by atoms with E-state index in [0.29, 0.717) is 16.8 Å². The van der Waals surface area contributed by atoms with Gasteiger partial charge in [-0.25, -0.2) is 4.98 Å². The first-order chi connectivity index (χ1) is 12.7. The fourth-order valence-corrected chi connectivity index (χ4v) is 3.25. The van der Waals surface area contributed by atoms with Crippen molar-refractivity contribution in [3.8, 4) is 5.75 Å². The Balaban J connectivity index is 1.72. The first kappa shape index (κ1) is 18.7. The van der Waals surface area contributed by atoms with Crippen molar-refractivity contribution in [2.75, 3.05) is 6.61 Å². The minimum absolute atomic E-state index is 0.104. The average Bonchev–Trinajstić information content (AvgIpc) is 3.01. The van der Waals surface area contributed by atoms with Gasteiger partial charge in [-0.3, -0.25) is 24.1 Å². The summed E-state index contributed by atoms with van der Waals surface area (Å²) in [5.74, 6) is 0.373. The molecule has 0 radical (unpaired) electrons. The van der Waals surface area contributed by atoms with E-state index in [-0.39, 0.29) is 24.6 Å². The van der Waals surface area contributed by atoms with Crippen molar-refractivity contribution >= 4 is 16.9 Å². The van der Waals surface area contributed by atoms with Crippen LogP contribution in [0.4, 0.5) is 0 Å². The van der Waals surface area contributed by atoms with Crippen LogP contribution in [0.1, 0.15) is 28.2 Å². The van der Waals surface area contributed by atoms with E-state index in [0.717, 1.165) is 28.2 Å². The Kier molecular flexibility index (Phi) is 4.77. The maximum atomic E-state index is 12.2. The molecule has 3 heterocycles. The molecule has 0 aliphatic heterocycles. The Morgan fingerprint density at radius 1 is 1.19 bits per heavy atom. The summed E-state index contributed by atoms with van der Waals surface area (Å²) >= 11 is 0. The molecule has 3 aromatic heterocycles. The van der Waals surface area contributed by atoms with Crippen molar-refractivity contribution in [1.82, 2.24) is 29.9 Å². The number of aromatic amines is 1. The summed E-state index contributed by atoms with van der Waals surface area (Å²) < 4.78 is 8.94. The van der Waals surface area contributed by atoms with Gasteiger partial charge in [-0.2, -0.15) is 5.10 Å². The lowest BCUT2D eigenvalue weighted by molar-refractivity contribution is -0.123. The van der Waals surface area contributed by atoms with Crippen LogP contribution < -0.4 is 15.6 Å². The molecule has 9 nitrogen and oxygen atoms in total. The number of fused-ring (bicyclic) bond motifs is 1. The van der Waals surface area contributed by atoms with Gasteiger partial charge in [-0.1, -0.05) is 0 Å². The Morgan fingerprint density at radius 3 is 2.52 bits per heavy atom. The van der Waals surface area contributed by atoms with Gasteiger partial charge < -0.3 is 10.1 Å². The predicted molar refractivity (Wildman–Crippen MR) is 101 cm³/mol. The molecule has 9 heteroatoms. The van der Waals surface area contributed by atoms with Gasteiger partial charge in [0.05, 0.1) is 11.1 Å². The van der Waals surface area contributed by atoms with Gasteiger partial charge in [0.15, 0.2) is 18.0 Å². The van der Waals surface area contributed by atoms with Gasteiger partial charge in [0.2, 0.25) is 0 Å². The zero-order valence-electron chi connectivity index (χ0n) is 16.4. The third-order valence-electron chi connectivity index (χ3n) is 4.83. The highest BCUT2D eigenvalue weighted by molar-refractivity contribution is 5.81. The van der Waals surface area contributed by atoms with E-state index in [2.05, 4.69) is 20.5 Å². The van der Waals surface area contributed by atoms with Gasteiger partial charge in [-0.15, -0.1) is 0 Å². The molecular formula is C18H24N6O3. The van der Waals surface area contributed by atoms with Crippen LogP contribution in [0.25, 0.3) is 11.0 Å². The highest BCUT2D eigenvalue weighted by atomic mass is 16.5.